The summed E-state index contributed by atoms with van der Waals surface area (Å²) < 4.78 is 11.4. The van der Waals surface area contributed by atoms with Gasteiger partial charge in [0.2, 0.25) is 0 Å². The fraction of sp³-hybridized carbons (Fsp3) is 0.571. The van der Waals surface area contributed by atoms with Crippen molar-refractivity contribution >= 4 is 16.6 Å². The molecular weight excluding hydrogens is 272 g/mol. The lowest BCUT2D eigenvalue weighted by molar-refractivity contribution is 0.145. The summed E-state index contributed by atoms with van der Waals surface area (Å²) in [4.78, 5) is 6.58. The summed E-state index contributed by atoms with van der Waals surface area (Å²) in [6, 6.07) is 5.63. The van der Waals surface area contributed by atoms with E-state index in [4.69, 9.17) is 5.26 Å². The Hall–Kier alpha value is -1.45. The number of anilines is 1. The van der Waals surface area contributed by atoms with Gasteiger partial charge in [-0.3, -0.25) is 9.11 Å². The first-order chi connectivity index (χ1) is 9.51. The quantitative estimate of drug-likeness (QED) is 0.903. The molecule has 1 aromatic heterocycles. The number of nitriles is 1. The summed E-state index contributed by atoms with van der Waals surface area (Å²) in [7, 11) is -0.644. The van der Waals surface area contributed by atoms with Crippen LogP contribution in [0.1, 0.15) is 19.4 Å². The van der Waals surface area contributed by atoms with Gasteiger partial charge in [-0.15, -0.1) is 0 Å². The van der Waals surface area contributed by atoms with Crippen LogP contribution < -0.4 is 5.32 Å². The molecule has 0 bridgehead atoms. The minimum absolute atomic E-state index is 0.0137. The smallest absolute Gasteiger partial charge is 0.126 e. The van der Waals surface area contributed by atoms with Crippen LogP contribution in [0, 0.1) is 11.3 Å². The van der Waals surface area contributed by atoms with Gasteiger partial charge in [-0.05, 0) is 26.0 Å². The van der Waals surface area contributed by atoms with E-state index in [2.05, 4.69) is 35.1 Å². The van der Waals surface area contributed by atoms with Gasteiger partial charge in [0, 0.05) is 53.7 Å². The van der Waals surface area contributed by atoms with Crippen molar-refractivity contribution in [2.45, 2.75) is 19.4 Å². The number of pyridine rings is 1. The van der Waals surface area contributed by atoms with Gasteiger partial charge in [0.1, 0.15) is 11.9 Å². The minimum Gasteiger partial charge on any atom is -0.368 e. The summed E-state index contributed by atoms with van der Waals surface area (Å²) in [6.45, 7) is 6.87. The van der Waals surface area contributed by atoms with Crippen molar-refractivity contribution in [2.75, 3.05) is 36.5 Å². The Morgan fingerprint density at radius 1 is 1.45 bits per heavy atom. The van der Waals surface area contributed by atoms with E-state index in [1.165, 1.54) is 0 Å². The molecule has 6 heteroatoms. The molecule has 108 valence electrons. The van der Waals surface area contributed by atoms with Crippen LogP contribution in [0.15, 0.2) is 18.3 Å². The van der Waals surface area contributed by atoms with Crippen molar-refractivity contribution in [2.24, 2.45) is 0 Å². The summed E-state index contributed by atoms with van der Waals surface area (Å²) >= 11 is 0. The zero-order chi connectivity index (χ0) is 14.6. The third-order valence-electron chi connectivity index (χ3n) is 3.63. The highest BCUT2D eigenvalue weighted by Gasteiger charge is 2.29. The molecule has 2 rings (SSSR count). The maximum absolute atomic E-state index is 11.4. The van der Waals surface area contributed by atoms with E-state index in [0.717, 1.165) is 37.0 Å². The zero-order valence-electron chi connectivity index (χ0n) is 11.9. The van der Waals surface area contributed by atoms with Crippen LogP contribution in [0.5, 0.6) is 0 Å². The van der Waals surface area contributed by atoms with E-state index in [1.807, 2.05) is 6.07 Å². The maximum Gasteiger partial charge on any atom is 0.126 e. The van der Waals surface area contributed by atoms with Crippen molar-refractivity contribution < 1.29 is 4.21 Å². The zero-order valence-corrected chi connectivity index (χ0v) is 12.7. The van der Waals surface area contributed by atoms with E-state index in [9.17, 15) is 4.21 Å². The molecule has 0 radical (unpaired) electrons. The number of aromatic nitrogens is 1. The molecule has 1 aliphatic heterocycles. The molecule has 0 atom stereocenters. The first-order valence-electron chi connectivity index (χ1n) is 6.71. The molecule has 20 heavy (non-hydrogen) atoms. The Balaban J connectivity index is 1.91. The Bertz CT molecular complexity index is 511. The summed E-state index contributed by atoms with van der Waals surface area (Å²) in [5, 5.41) is 12.0. The maximum atomic E-state index is 11.4. The molecule has 1 aliphatic rings. The first-order valence-corrected chi connectivity index (χ1v) is 8.20. The van der Waals surface area contributed by atoms with E-state index >= 15 is 0 Å². The summed E-state index contributed by atoms with van der Waals surface area (Å²) in [5.74, 6) is 2.30. The van der Waals surface area contributed by atoms with Crippen molar-refractivity contribution in [3.05, 3.63) is 23.9 Å². The normalized spacial score (nSPS) is 17.6. The van der Waals surface area contributed by atoms with Crippen LogP contribution in [-0.4, -0.2) is 50.8 Å². The van der Waals surface area contributed by atoms with Gasteiger partial charge < -0.3 is 5.32 Å². The summed E-state index contributed by atoms with van der Waals surface area (Å²) in [5.41, 5.74) is 0.550. The molecule has 1 saturated heterocycles. The van der Waals surface area contributed by atoms with E-state index in [0.29, 0.717) is 5.56 Å². The number of nitrogens with zero attached hydrogens (tertiary/aromatic N) is 3. The monoisotopic (exact) mass is 292 g/mol. The van der Waals surface area contributed by atoms with Gasteiger partial charge in [-0.1, -0.05) is 0 Å². The van der Waals surface area contributed by atoms with E-state index < -0.39 is 10.8 Å². The van der Waals surface area contributed by atoms with Crippen molar-refractivity contribution in [1.82, 2.24) is 9.88 Å². The van der Waals surface area contributed by atoms with Crippen LogP contribution in [0.3, 0.4) is 0 Å². The minimum atomic E-state index is -0.644. The predicted molar refractivity (Wildman–Crippen MR) is 81.0 cm³/mol. The topological polar surface area (TPSA) is 69.0 Å². The molecule has 0 unspecified atom stereocenters. The molecular formula is C14H20N4OS. The molecule has 0 saturated carbocycles. The average Bonchev–Trinajstić information content (AvgIpc) is 2.46. The second kappa shape index (κ2) is 6.33. The van der Waals surface area contributed by atoms with Crippen LogP contribution in [0.25, 0.3) is 0 Å². The van der Waals surface area contributed by atoms with Gasteiger partial charge >= 0.3 is 0 Å². The van der Waals surface area contributed by atoms with Gasteiger partial charge in [0.15, 0.2) is 0 Å². The van der Waals surface area contributed by atoms with Crippen molar-refractivity contribution in [3.63, 3.8) is 0 Å². The third-order valence-corrected chi connectivity index (χ3v) is 4.90. The molecule has 5 nitrogen and oxygen atoms in total. The molecule has 0 amide bonds. The first kappa shape index (κ1) is 14.9. The van der Waals surface area contributed by atoms with Gasteiger partial charge in [-0.2, -0.15) is 5.26 Å². The highest BCUT2D eigenvalue weighted by molar-refractivity contribution is 7.85. The van der Waals surface area contributed by atoms with Gasteiger partial charge in [-0.25, -0.2) is 4.98 Å². The van der Waals surface area contributed by atoms with Crippen LogP contribution in [0.4, 0.5) is 5.82 Å². The van der Waals surface area contributed by atoms with Crippen LogP contribution >= 0.6 is 0 Å². The lowest BCUT2D eigenvalue weighted by atomic mass is 10.0. The molecule has 0 spiro atoms. The van der Waals surface area contributed by atoms with Gasteiger partial charge in [0.05, 0.1) is 5.56 Å². The standard InChI is InChI=1S/C14H20N4OS/c1-14(2,18-5-7-20(19)8-6-18)11-17-13-4-3-12(9-15)10-16-13/h3-4,10H,5-8,11H2,1-2H3,(H,16,17). The molecule has 1 N–H and O–H groups in total. The second-order valence-corrected chi connectivity index (χ2v) is 7.24. The van der Waals surface area contributed by atoms with Crippen LogP contribution in [-0.2, 0) is 10.8 Å². The molecule has 1 aromatic rings. The lowest BCUT2D eigenvalue weighted by Gasteiger charge is -2.40. The second-order valence-electron chi connectivity index (χ2n) is 5.55. The lowest BCUT2D eigenvalue weighted by Crippen LogP contribution is -2.53. The Morgan fingerprint density at radius 2 is 2.15 bits per heavy atom. The molecule has 0 aromatic carbocycles. The predicted octanol–water partition coefficient (Wildman–Crippen LogP) is 1.21. The molecule has 0 aliphatic carbocycles. The fourth-order valence-electron chi connectivity index (χ4n) is 2.23. The third kappa shape index (κ3) is 3.78. The SMILES string of the molecule is CC(C)(CNc1ccc(C#N)cn1)N1CCS(=O)CC1. The molecule has 2 heterocycles. The fourth-order valence-corrected chi connectivity index (χ4v) is 3.28. The molecule has 1 fully saturated rings. The van der Waals surface area contributed by atoms with Crippen molar-refractivity contribution in [1.29, 1.82) is 5.26 Å². The number of rotatable bonds is 4. The van der Waals surface area contributed by atoms with Gasteiger partial charge in [0.25, 0.3) is 0 Å². The summed E-state index contributed by atoms with van der Waals surface area (Å²) in [6.07, 6.45) is 1.57. The number of hydrogen-bond donors (Lipinski definition) is 1. The number of hydrogen-bond acceptors (Lipinski definition) is 5. The Kier molecular flexibility index (Phi) is 4.73. The van der Waals surface area contributed by atoms with E-state index in [1.54, 1.807) is 12.3 Å². The van der Waals surface area contributed by atoms with Crippen LogP contribution in [0.2, 0.25) is 0 Å². The Labute approximate surface area is 122 Å². The van der Waals surface area contributed by atoms with Crippen molar-refractivity contribution in [3.8, 4) is 6.07 Å². The highest BCUT2D eigenvalue weighted by Crippen LogP contribution is 2.17. The average molecular weight is 292 g/mol. The largest absolute Gasteiger partial charge is 0.368 e. The Morgan fingerprint density at radius 3 is 2.70 bits per heavy atom. The highest BCUT2D eigenvalue weighted by atomic mass is 32.2. The number of nitrogens with one attached hydrogen (secondary N) is 1. The van der Waals surface area contributed by atoms with E-state index in [-0.39, 0.29) is 5.54 Å².